The summed E-state index contributed by atoms with van der Waals surface area (Å²) in [5, 5.41) is 0. The van der Waals surface area contributed by atoms with Crippen molar-refractivity contribution >= 4 is 15.9 Å². The van der Waals surface area contributed by atoms with E-state index in [4.69, 9.17) is 5.73 Å². The van der Waals surface area contributed by atoms with Crippen LogP contribution in [0.25, 0.3) is 0 Å². The topological polar surface area (TPSA) is 32.5 Å². The molecule has 3 nitrogen and oxygen atoms in total. The predicted molar refractivity (Wildman–Crippen MR) is 91.1 cm³/mol. The van der Waals surface area contributed by atoms with Crippen LogP contribution in [0.4, 0.5) is 0 Å². The van der Waals surface area contributed by atoms with Crippen LogP contribution >= 0.6 is 15.9 Å². The van der Waals surface area contributed by atoms with Gasteiger partial charge in [0.25, 0.3) is 0 Å². The molecule has 0 bridgehead atoms. The molecule has 20 heavy (non-hydrogen) atoms. The van der Waals surface area contributed by atoms with Crippen molar-refractivity contribution in [2.24, 2.45) is 5.73 Å². The molecule has 0 heterocycles. The average Bonchev–Trinajstić information content (AvgIpc) is 2.38. The van der Waals surface area contributed by atoms with Crippen LogP contribution in [0.15, 0.2) is 22.7 Å². The van der Waals surface area contributed by atoms with Crippen LogP contribution in [0.2, 0.25) is 0 Å². The summed E-state index contributed by atoms with van der Waals surface area (Å²) >= 11 is 3.56. The van der Waals surface area contributed by atoms with E-state index in [1.807, 2.05) is 0 Å². The molecule has 0 saturated heterocycles. The number of likely N-dealkylation sites (N-methyl/N-ethyl adjacent to an activating group) is 2. The smallest absolute Gasteiger partial charge is 0.0473 e. The molecular formula is C16H28BrN3. The highest BCUT2D eigenvalue weighted by Gasteiger charge is 2.23. The molecule has 0 saturated carbocycles. The molecular weight excluding hydrogens is 314 g/mol. The van der Waals surface area contributed by atoms with Gasteiger partial charge < -0.3 is 10.6 Å². The van der Waals surface area contributed by atoms with Gasteiger partial charge in [0.15, 0.2) is 0 Å². The fourth-order valence-electron chi connectivity index (χ4n) is 2.81. The maximum Gasteiger partial charge on any atom is 0.0473 e. The first-order valence-electron chi connectivity index (χ1n) is 7.27. The van der Waals surface area contributed by atoms with Crippen molar-refractivity contribution in [3.05, 3.63) is 33.8 Å². The summed E-state index contributed by atoms with van der Waals surface area (Å²) in [6, 6.07) is 7.30. The summed E-state index contributed by atoms with van der Waals surface area (Å²) in [6.07, 6.45) is 0. The van der Waals surface area contributed by atoms with Gasteiger partial charge in [-0.3, -0.25) is 4.90 Å². The molecule has 0 amide bonds. The molecule has 0 spiro atoms. The van der Waals surface area contributed by atoms with Crippen LogP contribution in [0.5, 0.6) is 0 Å². The van der Waals surface area contributed by atoms with Crippen molar-refractivity contribution in [3.63, 3.8) is 0 Å². The highest BCUT2D eigenvalue weighted by Crippen LogP contribution is 2.26. The van der Waals surface area contributed by atoms with Crippen molar-refractivity contribution < 1.29 is 0 Å². The van der Waals surface area contributed by atoms with E-state index < -0.39 is 0 Å². The standard InChI is InChI=1S/C16H28BrN3/c1-6-20(13(3)11-19(4)5)16(10-18)14-7-8-15(17)12(2)9-14/h7-9,13,16H,6,10-11,18H2,1-5H3. The minimum atomic E-state index is 0.279. The highest BCUT2D eigenvalue weighted by atomic mass is 79.9. The molecule has 0 aliphatic heterocycles. The maximum absolute atomic E-state index is 6.07. The summed E-state index contributed by atoms with van der Waals surface area (Å²) in [7, 11) is 4.23. The molecule has 1 aromatic carbocycles. The van der Waals surface area contributed by atoms with Crippen LogP contribution in [0.1, 0.15) is 31.0 Å². The molecule has 0 aliphatic rings. The molecule has 2 atom stereocenters. The van der Waals surface area contributed by atoms with E-state index in [2.05, 4.69) is 78.8 Å². The largest absolute Gasteiger partial charge is 0.329 e. The van der Waals surface area contributed by atoms with E-state index in [1.165, 1.54) is 11.1 Å². The first kappa shape index (κ1) is 17.6. The number of hydrogen-bond acceptors (Lipinski definition) is 3. The Hall–Kier alpha value is -0.420. The van der Waals surface area contributed by atoms with Crippen molar-refractivity contribution in [1.82, 2.24) is 9.80 Å². The van der Waals surface area contributed by atoms with Gasteiger partial charge in [-0.25, -0.2) is 0 Å². The van der Waals surface area contributed by atoms with E-state index in [1.54, 1.807) is 0 Å². The third-order valence-electron chi connectivity index (χ3n) is 3.75. The monoisotopic (exact) mass is 341 g/mol. The minimum absolute atomic E-state index is 0.279. The van der Waals surface area contributed by atoms with Gasteiger partial charge in [0.2, 0.25) is 0 Å². The number of halogens is 1. The summed E-state index contributed by atoms with van der Waals surface area (Å²) in [6.45, 7) is 9.30. The second-order valence-electron chi connectivity index (χ2n) is 5.70. The van der Waals surface area contributed by atoms with Gasteiger partial charge in [-0.05, 0) is 51.7 Å². The number of hydrogen-bond donors (Lipinski definition) is 1. The summed E-state index contributed by atoms with van der Waals surface area (Å²) in [5.74, 6) is 0. The van der Waals surface area contributed by atoms with E-state index in [9.17, 15) is 0 Å². The molecule has 0 fully saturated rings. The predicted octanol–water partition coefficient (Wildman–Crippen LogP) is 3.03. The Kier molecular flexibility index (Phi) is 7.17. The molecule has 1 rings (SSSR count). The third kappa shape index (κ3) is 4.55. The van der Waals surface area contributed by atoms with Crippen molar-refractivity contribution in [2.75, 3.05) is 33.7 Å². The lowest BCUT2D eigenvalue weighted by molar-refractivity contribution is 0.131. The fraction of sp³-hybridized carbons (Fsp3) is 0.625. The molecule has 2 N–H and O–H groups in total. The van der Waals surface area contributed by atoms with Gasteiger partial charge >= 0.3 is 0 Å². The van der Waals surface area contributed by atoms with Gasteiger partial charge in [-0.2, -0.15) is 0 Å². The van der Waals surface area contributed by atoms with Crippen LogP contribution in [-0.4, -0.2) is 49.6 Å². The lowest BCUT2D eigenvalue weighted by Gasteiger charge is -2.36. The zero-order valence-electron chi connectivity index (χ0n) is 13.4. The second-order valence-corrected chi connectivity index (χ2v) is 6.56. The molecule has 0 aliphatic carbocycles. The Morgan fingerprint density at radius 2 is 1.95 bits per heavy atom. The van der Waals surface area contributed by atoms with E-state index in [-0.39, 0.29) is 6.04 Å². The number of nitrogens with two attached hydrogens (primary N) is 1. The number of aryl methyl sites for hydroxylation is 1. The first-order valence-corrected chi connectivity index (χ1v) is 8.06. The summed E-state index contributed by atoms with van der Waals surface area (Å²) in [4.78, 5) is 4.72. The highest BCUT2D eigenvalue weighted by molar-refractivity contribution is 9.10. The average molecular weight is 342 g/mol. The van der Waals surface area contributed by atoms with Crippen molar-refractivity contribution in [2.45, 2.75) is 32.9 Å². The van der Waals surface area contributed by atoms with E-state index in [0.717, 1.165) is 17.6 Å². The van der Waals surface area contributed by atoms with Crippen LogP contribution in [-0.2, 0) is 0 Å². The Morgan fingerprint density at radius 3 is 2.40 bits per heavy atom. The molecule has 1 aromatic rings. The van der Waals surface area contributed by atoms with Crippen LogP contribution in [0, 0.1) is 6.92 Å². The normalized spacial score (nSPS) is 14.8. The van der Waals surface area contributed by atoms with Gasteiger partial charge in [0, 0.05) is 29.6 Å². The minimum Gasteiger partial charge on any atom is -0.329 e. The Labute approximate surface area is 132 Å². The third-order valence-corrected chi connectivity index (χ3v) is 4.64. The number of rotatable bonds is 7. The van der Waals surface area contributed by atoms with Gasteiger partial charge in [-0.15, -0.1) is 0 Å². The maximum atomic E-state index is 6.07. The van der Waals surface area contributed by atoms with Gasteiger partial charge in [-0.1, -0.05) is 35.0 Å². The number of benzene rings is 1. The van der Waals surface area contributed by atoms with E-state index in [0.29, 0.717) is 12.6 Å². The summed E-state index contributed by atoms with van der Waals surface area (Å²) < 4.78 is 1.15. The lowest BCUT2D eigenvalue weighted by atomic mass is 10.0. The Morgan fingerprint density at radius 1 is 1.30 bits per heavy atom. The number of nitrogens with zero attached hydrogens (tertiary/aromatic N) is 2. The summed E-state index contributed by atoms with van der Waals surface area (Å²) in [5.41, 5.74) is 8.64. The lowest BCUT2D eigenvalue weighted by Crippen LogP contribution is -2.44. The fourth-order valence-corrected chi connectivity index (χ4v) is 3.06. The molecule has 4 heteroatoms. The molecule has 0 aromatic heterocycles. The van der Waals surface area contributed by atoms with Crippen molar-refractivity contribution in [3.8, 4) is 0 Å². The molecule has 114 valence electrons. The zero-order chi connectivity index (χ0) is 15.3. The Balaban J connectivity index is 2.98. The van der Waals surface area contributed by atoms with Gasteiger partial charge in [0.05, 0.1) is 0 Å². The van der Waals surface area contributed by atoms with Crippen molar-refractivity contribution in [1.29, 1.82) is 0 Å². The first-order chi connectivity index (χ1) is 9.40. The zero-order valence-corrected chi connectivity index (χ0v) is 14.9. The Bertz CT molecular complexity index is 420. The van der Waals surface area contributed by atoms with Crippen LogP contribution in [0.3, 0.4) is 0 Å². The molecule has 2 unspecified atom stereocenters. The van der Waals surface area contributed by atoms with Gasteiger partial charge in [0.1, 0.15) is 0 Å². The van der Waals surface area contributed by atoms with Crippen LogP contribution < -0.4 is 5.73 Å². The second kappa shape index (κ2) is 8.13. The van der Waals surface area contributed by atoms with E-state index >= 15 is 0 Å². The SMILES string of the molecule is CCN(C(C)CN(C)C)C(CN)c1ccc(Br)c(C)c1. The quantitative estimate of drug-likeness (QED) is 0.827. The molecule has 0 radical (unpaired) electrons.